The number of hydrogen-bond donors (Lipinski definition) is 1. The van der Waals surface area contributed by atoms with Gasteiger partial charge >= 0.3 is 5.97 Å². The molecule has 1 spiro atoms. The zero-order valence-electron chi connectivity index (χ0n) is 25.5. The van der Waals surface area contributed by atoms with Crippen LogP contribution in [-0.4, -0.2) is 83.9 Å². The number of aliphatic hydroxyl groups excluding tert-OH is 1. The van der Waals surface area contributed by atoms with Gasteiger partial charge < -0.3 is 29.3 Å². The molecule has 2 unspecified atom stereocenters. The van der Waals surface area contributed by atoms with Crippen LogP contribution >= 0.6 is 0 Å². The highest BCUT2D eigenvalue weighted by Gasteiger charge is 2.79. The predicted octanol–water partition coefficient (Wildman–Crippen LogP) is 3.79. The number of carbonyl (C=O) groups excluding carboxylic acids is 3. The molecule has 9 nitrogen and oxygen atoms in total. The van der Waals surface area contributed by atoms with E-state index in [9.17, 15) is 19.5 Å². The van der Waals surface area contributed by atoms with Crippen LogP contribution in [0.25, 0.3) is 0 Å². The van der Waals surface area contributed by atoms with E-state index in [1.54, 1.807) is 17.9 Å². The molecule has 3 saturated heterocycles. The number of rotatable bonds is 13. The molecule has 226 valence electrons. The van der Waals surface area contributed by atoms with E-state index in [4.69, 9.17) is 9.47 Å². The first-order valence-electron chi connectivity index (χ1n) is 15.2. The third kappa shape index (κ3) is 4.84. The molecule has 0 saturated carbocycles. The Morgan fingerprint density at radius 1 is 1.15 bits per heavy atom. The summed E-state index contributed by atoms with van der Waals surface area (Å²) in [5, 5.41) is 10.5. The maximum Gasteiger partial charge on any atom is 0.312 e. The highest BCUT2D eigenvalue weighted by atomic mass is 16.6. The van der Waals surface area contributed by atoms with E-state index in [-0.39, 0.29) is 37.5 Å². The molecule has 0 aromatic heterocycles. The molecule has 6 atom stereocenters. The summed E-state index contributed by atoms with van der Waals surface area (Å²) in [5.41, 5.74) is -0.313. The van der Waals surface area contributed by atoms with Crippen molar-refractivity contribution >= 4 is 29.2 Å². The minimum absolute atomic E-state index is 0.130. The van der Waals surface area contributed by atoms with Crippen molar-refractivity contribution in [3.8, 4) is 0 Å². The summed E-state index contributed by atoms with van der Waals surface area (Å²) in [7, 11) is 0. The summed E-state index contributed by atoms with van der Waals surface area (Å²) in [4.78, 5) is 48.0. The summed E-state index contributed by atoms with van der Waals surface area (Å²) in [6.45, 7) is 17.5. The number of likely N-dealkylation sites (tertiary alicyclic amines) is 1. The summed E-state index contributed by atoms with van der Waals surface area (Å²) in [6, 6.07) is 6.20. The fourth-order valence-electron chi connectivity index (χ4n) is 7.53. The van der Waals surface area contributed by atoms with Crippen molar-refractivity contribution in [2.75, 3.05) is 42.6 Å². The van der Waals surface area contributed by atoms with Crippen molar-refractivity contribution in [3.05, 3.63) is 36.9 Å². The number of hydrogen-bond acceptors (Lipinski definition) is 7. The molecule has 9 heteroatoms. The highest BCUT2D eigenvalue weighted by Crippen LogP contribution is 2.65. The summed E-state index contributed by atoms with van der Waals surface area (Å²) in [5.74, 6) is -2.86. The molecule has 0 aliphatic carbocycles. The summed E-state index contributed by atoms with van der Waals surface area (Å²) < 4.78 is 12.3. The van der Waals surface area contributed by atoms with Crippen molar-refractivity contribution in [1.82, 2.24) is 4.90 Å². The van der Waals surface area contributed by atoms with Crippen molar-refractivity contribution in [3.63, 3.8) is 0 Å². The van der Waals surface area contributed by atoms with Crippen LogP contribution in [0.4, 0.5) is 11.4 Å². The Morgan fingerprint density at radius 2 is 1.78 bits per heavy atom. The van der Waals surface area contributed by atoms with Crippen LogP contribution in [0.3, 0.4) is 0 Å². The van der Waals surface area contributed by atoms with E-state index in [2.05, 4.69) is 25.3 Å². The zero-order chi connectivity index (χ0) is 30.1. The Kier molecular flexibility index (Phi) is 9.19. The Labute approximate surface area is 244 Å². The van der Waals surface area contributed by atoms with Gasteiger partial charge in [-0.3, -0.25) is 14.4 Å². The SMILES string of the molecule is C=CCN(C(=O)C1N([C@@H](CO)C(C)C)C(=O)[C@@H]2[C@@H](C(=O)OCC)[C@@]3(CC)CCC12O3)c1ccc(N(CC)CC)cc1. The summed E-state index contributed by atoms with van der Waals surface area (Å²) in [6.07, 6.45) is 3.22. The van der Waals surface area contributed by atoms with E-state index in [1.165, 1.54) is 4.90 Å². The van der Waals surface area contributed by atoms with Crippen LogP contribution in [0.15, 0.2) is 36.9 Å². The number of carbonyl (C=O) groups is 3. The van der Waals surface area contributed by atoms with Gasteiger partial charge in [-0.1, -0.05) is 26.8 Å². The fraction of sp³-hybridized carbons (Fsp3) is 0.656. The molecular formula is C32H47N3O6. The quantitative estimate of drug-likeness (QED) is 0.285. The Bertz CT molecular complexity index is 1130. The molecule has 3 aliphatic rings. The lowest BCUT2D eigenvalue weighted by Gasteiger charge is -2.40. The van der Waals surface area contributed by atoms with Gasteiger partial charge in [0.25, 0.3) is 5.91 Å². The van der Waals surface area contributed by atoms with E-state index >= 15 is 0 Å². The first kappa shape index (κ1) is 31.0. The average molecular weight is 570 g/mol. The van der Waals surface area contributed by atoms with Crippen LogP contribution in [0, 0.1) is 17.8 Å². The minimum Gasteiger partial charge on any atom is -0.466 e. The van der Waals surface area contributed by atoms with Crippen LogP contribution in [0.1, 0.15) is 60.8 Å². The molecule has 1 N–H and O–H groups in total. The molecule has 3 heterocycles. The molecular weight excluding hydrogens is 522 g/mol. The third-order valence-electron chi connectivity index (χ3n) is 9.57. The van der Waals surface area contributed by atoms with E-state index in [0.717, 1.165) is 18.8 Å². The number of amides is 2. The number of nitrogens with zero attached hydrogens (tertiary/aromatic N) is 3. The van der Waals surface area contributed by atoms with Gasteiger partial charge in [-0.2, -0.15) is 0 Å². The first-order valence-corrected chi connectivity index (χ1v) is 15.2. The number of anilines is 2. The Balaban J connectivity index is 1.83. The lowest BCUT2D eigenvalue weighted by atomic mass is 9.65. The maximum absolute atomic E-state index is 14.8. The molecule has 4 rings (SSSR count). The van der Waals surface area contributed by atoms with Crippen LogP contribution in [0.2, 0.25) is 0 Å². The molecule has 0 radical (unpaired) electrons. The number of benzene rings is 1. The number of fused-ring (bicyclic) bond motifs is 1. The van der Waals surface area contributed by atoms with Gasteiger partial charge in [-0.15, -0.1) is 6.58 Å². The lowest BCUT2D eigenvalue weighted by molar-refractivity contribution is -0.162. The Morgan fingerprint density at radius 3 is 2.29 bits per heavy atom. The molecule has 3 aliphatic heterocycles. The number of esters is 1. The lowest BCUT2D eigenvalue weighted by Crippen LogP contribution is -2.60. The smallest absolute Gasteiger partial charge is 0.312 e. The molecule has 41 heavy (non-hydrogen) atoms. The minimum atomic E-state index is -1.19. The molecule has 1 aromatic carbocycles. The Hall–Kier alpha value is -2.91. The van der Waals surface area contributed by atoms with Gasteiger partial charge in [0.1, 0.15) is 17.6 Å². The second-order valence-electron chi connectivity index (χ2n) is 11.8. The topological polar surface area (TPSA) is 99.6 Å². The van der Waals surface area contributed by atoms with Crippen molar-refractivity contribution in [1.29, 1.82) is 0 Å². The molecule has 1 aromatic rings. The van der Waals surface area contributed by atoms with Gasteiger partial charge in [0.15, 0.2) is 0 Å². The molecule has 3 fully saturated rings. The highest BCUT2D eigenvalue weighted by molar-refractivity contribution is 6.05. The normalized spacial score (nSPS) is 29.0. The number of ether oxygens (including phenoxy) is 2. The van der Waals surface area contributed by atoms with E-state index in [0.29, 0.717) is 24.9 Å². The van der Waals surface area contributed by atoms with Gasteiger partial charge in [0.05, 0.1) is 30.8 Å². The van der Waals surface area contributed by atoms with Crippen molar-refractivity contribution < 1.29 is 29.0 Å². The van der Waals surface area contributed by atoms with Gasteiger partial charge in [0.2, 0.25) is 5.91 Å². The third-order valence-corrected chi connectivity index (χ3v) is 9.57. The summed E-state index contributed by atoms with van der Waals surface area (Å²) >= 11 is 0. The largest absolute Gasteiger partial charge is 0.466 e. The van der Waals surface area contributed by atoms with E-state index in [1.807, 2.05) is 45.0 Å². The maximum atomic E-state index is 14.8. The van der Waals surface area contributed by atoms with Crippen LogP contribution < -0.4 is 9.80 Å². The monoisotopic (exact) mass is 569 g/mol. The van der Waals surface area contributed by atoms with Crippen molar-refractivity contribution in [2.24, 2.45) is 17.8 Å². The first-order chi connectivity index (χ1) is 19.6. The zero-order valence-corrected chi connectivity index (χ0v) is 25.5. The van der Waals surface area contributed by atoms with Crippen molar-refractivity contribution in [2.45, 2.75) is 84.1 Å². The number of aliphatic hydroxyl groups is 1. The average Bonchev–Trinajstić information content (AvgIpc) is 3.57. The predicted molar refractivity (Wildman–Crippen MR) is 159 cm³/mol. The second kappa shape index (κ2) is 12.1. The standard InChI is InChI=1S/C32H47N3O6/c1-8-19-34(23-15-13-22(14-16-23)33(10-3)11-4)29(38)27-32-18-17-31(9-2,41-32)26(30(39)40-12-5)25(32)28(37)35(27)24(20-36)21(6)7/h8,13-16,21,24-27,36H,1,9-12,17-20H2,2-7H3/t24-,25-,26-,27?,31+,32?/m0/s1. The van der Waals surface area contributed by atoms with Gasteiger partial charge in [-0.25, -0.2) is 0 Å². The van der Waals surface area contributed by atoms with E-state index < -0.39 is 41.1 Å². The van der Waals surface area contributed by atoms with Crippen LogP contribution in [0.5, 0.6) is 0 Å². The molecule has 2 bridgehead atoms. The van der Waals surface area contributed by atoms with Gasteiger partial charge in [0, 0.05) is 31.0 Å². The molecule has 2 amide bonds. The van der Waals surface area contributed by atoms with Gasteiger partial charge in [-0.05, 0) is 70.2 Å². The van der Waals surface area contributed by atoms with Crippen LogP contribution in [-0.2, 0) is 23.9 Å². The fourth-order valence-corrected chi connectivity index (χ4v) is 7.53. The second-order valence-corrected chi connectivity index (χ2v) is 11.8.